The van der Waals surface area contributed by atoms with Gasteiger partial charge < -0.3 is 9.80 Å². The molecular formula is C16H29N3O. The highest BCUT2D eigenvalue weighted by Crippen LogP contribution is 2.38. The van der Waals surface area contributed by atoms with Crippen molar-refractivity contribution in [3.63, 3.8) is 0 Å². The average molecular weight is 279 g/mol. The standard InChI is InChI=1S/C16H29N3O/c1-3-13-4-6-19(7-5-13)16(20)14-12-15(14)18-10-8-17(2)9-11-18/h13-15H,3-12H2,1-2H3. The quantitative estimate of drug-likeness (QED) is 0.778. The van der Waals surface area contributed by atoms with Crippen LogP contribution < -0.4 is 0 Å². The molecule has 3 aliphatic rings. The second-order valence-electron chi connectivity index (χ2n) is 6.93. The molecule has 1 amide bonds. The molecule has 0 bridgehead atoms. The van der Waals surface area contributed by atoms with Crippen LogP contribution in [0, 0.1) is 11.8 Å². The van der Waals surface area contributed by atoms with E-state index in [0.29, 0.717) is 17.9 Å². The average Bonchev–Trinajstić information content (AvgIpc) is 3.28. The lowest BCUT2D eigenvalue weighted by molar-refractivity contribution is -0.134. The van der Waals surface area contributed by atoms with Crippen LogP contribution in [0.15, 0.2) is 0 Å². The summed E-state index contributed by atoms with van der Waals surface area (Å²) >= 11 is 0. The number of piperazine rings is 1. The molecule has 0 radical (unpaired) electrons. The minimum atomic E-state index is 0.316. The van der Waals surface area contributed by atoms with E-state index in [1.807, 2.05) is 0 Å². The number of nitrogens with zero attached hydrogens (tertiary/aromatic N) is 3. The number of rotatable bonds is 3. The normalized spacial score (nSPS) is 33.4. The van der Waals surface area contributed by atoms with Gasteiger partial charge in [0.2, 0.25) is 5.91 Å². The predicted octanol–water partition coefficient (Wildman–Crippen LogP) is 1.27. The summed E-state index contributed by atoms with van der Waals surface area (Å²) in [6, 6.07) is 0.556. The molecule has 2 saturated heterocycles. The number of amides is 1. The van der Waals surface area contributed by atoms with Gasteiger partial charge in [0.05, 0.1) is 5.92 Å². The van der Waals surface area contributed by atoms with Crippen LogP contribution >= 0.6 is 0 Å². The van der Waals surface area contributed by atoms with Crippen LogP contribution in [0.5, 0.6) is 0 Å². The van der Waals surface area contributed by atoms with Gasteiger partial charge in [-0.2, -0.15) is 0 Å². The molecule has 2 aliphatic heterocycles. The number of likely N-dealkylation sites (tertiary alicyclic amines) is 1. The van der Waals surface area contributed by atoms with Gasteiger partial charge in [-0.25, -0.2) is 0 Å². The van der Waals surface area contributed by atoms with Crippen LogP contribution in [-0.2, 0) is 4.79 Å². The number of likely N-dealkylation sites (N-methyl/N-ethyl adjacent to an activating group) is 1. The van der Waals surface area contributed by atoms with E-state index < -0.39 is 0 Å². The van der Waals surface area contributed by atoms with E-state index in [1.165, 1.54) is 19.3 Å². The summed E-state index contributed by atoms with van der Waals surface area (Å²) in [5, 5.41) is 0. The van der Waals surface area contributed by atoms with Crippen LogP contribution in [0.4, 0.5) is 0 Å². The van der Waals surface area contributed by atoms with Gasteiger partial charge in [0.15, 0.2) is 0 Å². The third kappa shape index (κ3) is 3.01. The Balaban J connectivity index is 1.46. The van der Waals surface area contributed by atoms with Crippen LogP contribution in [0.3, 0.4) is 0 Å². The number of carbonyl (C=O) groups is 1. The lowest BCUT2D eigenvalue weighted by Crippen LogP contribution is -2.47. The Hall–Kier alpha value is -0.610. The summed E-state index contributed by atoms with van der Waals surface area (Å²) in [5.41, 5.74) is 0. The molecule has 0 spiro atoms. The van der Waals surface area contributed by atoms with Gasteiger partial charge in [0.1, 0.15) is 0 Å². The zero-order chi connectivity index (χ0) is 14.1. The summed E-state index contributed by atoms with van der Waals surface area (Å²) in [5.74, 6) is 1.62. The Bertz CT molecular complexity index is 344. The molecule has 0 aromatic rings. The fraction of sp³-hybridized carbons (Fsp3) is 0.938. The molecule has 0 aromatic heterocycles. The maximum Gasteiger partial charge on any atom is 0.227 e. The third-order valence-electron chi connectivity index (χ3n) is 5.58. The number of hydrogen-bond acceptors (Lipinski definition) is 3. The molecule has 0 N–H and O–H groups in total. The number of carbonyl (C=O) groups excluding carboxylic acids is 1. The lowest BCUT2D eigenvalue weighted by atomic mass is 9.94. The predicted molar refractivity (Wildman–Crippen MR) is 80.6 cm³/mol. The lowest BCUT2D eigenvalue weighted by Gasteiger charge is -2.34. The van der Waals surface area contributed by atoms with E-state index in [-0.39, 0.29) is 0 Å². The molecule has 4 heteroatoms. The first-order chi connectivity index (χ1) is 9.69. The van der Waals surface area contributed by atoms with Crippen molar-refractivity contribution in [3.8, 4) is 0 Å². The Kier molecular flexibility index (Phi) is 4.32. The van der Waals surface area contributed by atoms with Crippen LogP contribution in [0.25, 0.3) is 0 Å². The van der Waals surface area contributed by atoms with Crippen molar-refractivity contribution in [2.45, 2.75) is 38.6 Å². The van der Waals surface area contributed by atoms with Crippen molar-refractivity contribution in [2.75, 3.05) is 46.3 Å². The Labute approximate surface area is 123 Å². The maximum atomic E-state index is 12.6. The zero-order valence-corrected chi connectivity index (χ0v) is 13.1. The third-order valence-corrected chi connectivity index (χ3v) is 5.58. The first kappa shape index (κ1) is 14.3. The molecule has 20 heavy (non-hydrogen) atoms. The Morgan fingerprint density at radius 3 is 2.30 bits per heavy atom. The highest BCUT2D eigenvalue weighted by atomic mass is 16.2. The fourth-order valence-electron chi connectivity index (χ4n) is 3.80. The molecular weight excluding hydrogens is 250 g/mol. The van der Waals surface area contributed by atoms with E-state index >= 15 is 0 Å². The first-order valence-corrected chi connectivity index (χ1v) is 8.40. The number of piperidine rings is 1. The highest BCUT2D eigenvalue weighted by Gasteiger charge is 2.48. The fourth-order valence-corrected chi connectivity index (χ4v) is 3.80. The summed E-state index contributed by atoms with van der Waals surface area (Å²) in [4.78, 5) is 19.6. The molecule has 2 unspecified atom stereocenters. The molecule has 1 aliphatic carbocycles. The Morgan fingerprint density at radius 2 is 1.70 bits per heavy atom. The van der Waals surface area contributed by atoms with Crippen molar-refractivity contribution >= 4 is 5.91 Å². The summed E-state index contributed by atoms with van der Waals surface area (Å²) < 4.78 is 0. The van der Waals surface area contributed by atoms with Crippen LogP contribution in [0.2, 0.25) is 0 Å². The van der Waals surface area contributed by atoms with Crippen molar-refractivity contribution < 1.29 is 4.79 Å². The van der Waals surface area contributed by atoms with Gasteiger partial charge in [-0.1, -0.05) is 13.3 Å². The minimum absolute atomic E-state index is 0.316. The number of hydrogen-bond donors (Lipinski definition) is 0. The molecule has 0 aromatic carbocycles. The van der Waals surface area contributed by atoms with Crippen LogP contribution in [-0.4, -0.2) is 73.0 Å². The van der Waals surface area contributed by atoms with Gasteiger partial charge >= 0.3 is 0 Å². The van der Waals surface area contributed by atoms with Gasteiger partial charge in [-0.3, -0.25) is 9.69 Å². The van der Waals surface area contributed by atoms with Crippen molar-refractivity contribution in [3.05, 3.63) is 0 Å². The van der Waals surface area contributed by atoms with Crippen LogP contribution in [0.1, 0.15) is 32.6 Å². The summed E-state index contributed by atoms with van der Waals surface area (Å²) in [6.07, 6.45) is 4.81. The molecule has 1 saturated carbocycles. The zero-order valence-electron chi connectivity index (χ0n) is 13.1. The van der Waals surface area contributed by atoms with Crippen molar-refractivity contribution in [1.29, 1.82) is 0 Å². The summed E-state index contributed by atoms with van der Waals surface area (Å²) in [6.45, 7) is 8.86. The molecule has 3 fully saturated rings. The van der Waals surface area contributed by atoms with Crippen molar-refractivity contribution in [1.82, 2.24) is 14.7 Å². The molecule has 2 atom stereocenters. The molecule has 3 rings (SSSR count). The van der Waals surface area contributed by atoms with E-state index in [4.69, 9.17) is 0 Å². The van der Waals surface area contributed by atoms with Gasteiger partial charge in [0, 0.05) is 45.3 Å². The van der Waals surface area contributed by atoms with Gasteiger partial charge in [0.25, 0.3) is 0 Å². The monoisotopic (exact) mass is 279 g/mol. The first-order valence-electron chi connectivity index (χ1n) is 8.40. The van der Waals surface area contributed by atoms with E-state index in [0.717, 1.165) is 51.6 Å². The van der Waals surface area contributed by atoms with Crippen molar-refractivity contribution in [2.24, 2.45) is 11.8 Å². The molecule has 114 valence electrons. The highest BCUT2D eigenvalue weighted by molar-refractivity contribution is 5.82. The second-order valence-corrected chi connectivity index (χ2v) is 6.93. The SMILES string of the molecule is CCC1CCN(C(=O)C2CC2N2CCN(C)CC2)CC1. The molecule has 4 nitrogen and oxygen atoms in total. The second kappa shape index (κ2) is 6.02. The topological polar surface area (TPSA) is 26.8 Å². The van der Waals surface area contributed by atoms with E-state index in [1.54, 1.807) is 0 Å². The van der Waals surface area contributed by atoms with E-state index in [2.05, 4.69) is 28.7 Å². The molecule has 2 heterocycles. The smallest absolute Gasteiger partial charge is 0.227 e. The largest absolute Gasteiger partial charge is 0.342 e. The minimum Gasteiger partial charge on any atom is -0.342 e. The van der Waals surface area contributed by atoms with E-state index in [9.17, 15) is 4.79 Å². The Morgan fingerprint density at radius 1 is 1.05 bits per heavy atom. The summed E-state index contributed by atoms with van der Waals surface area (Å²) in [7, 11) is 2.19. The maximum absolute atomic E-state index is 12.6. The van der Waals surface area contributed by atoms with Gasteiger partial charge in [-0.05, 0) is 32.2 Å². The van der Waals surface area contributed by atoms with Gasteiger partial charge in [-0.15, -0.1) is 0 Å².